The first-order valence-corrected chi connectivity index (χ1v) is 14.5. The minimum absolute atomic E-state index is 0.0438. The summed E-state index contributed by atoms with van der Waals surface area (Å²) in [7, 11) is -2.49. The summed E-state index contributed by atoms with van der Waals surface area (Å²) in [6.07, 6.45) is 6.35. The minimum atomic E-state index is -3.95. The van der Waals surface area contributed by atoms with Crippen molar-refractivity contribution in [3.05, 3.63) is 53.2 Å². The Balaban J connectivity index is 1.64. The van der Waals surface area contributed by atoms with E-state index in [2.05, 4.69) is 23.9 Å². The van der Waals surface area contributed by atoms with E-state index in [1.807, 2.05) is 13.0 Å². The molecule has 4 rings (SSSR count). The predicted octanol–water partition coefficient (Wildman–Crippen LogP) is 7.35. The van der Waals surface area contributed by atoms with Crippen molar-refractivity contribution in [3.63, 3.8) is 0 Å². The molecule has 0 saturated heterocycles. The van der Waals surface area contributed by atoms with Crippen LogP contribution < -0.4 is 14.8 Å². The lowest BCUT2D eigenvalue weighted by molar-refractivity contribution is 0.258. The number of anilines is 2. The van der Waals surface area contributed by atoms with Gasteiger partial charge < -0.3 is 10.1 Å². The second kappa shape index (κ2) is 10.4. The maximum atomic E-state index is 13.3. The number of rotatable bonds is 8. The van der Waals surface area contributed by atoms with Crippen molar-refractivity contribution in [2.24, 2.45) is 5.92 Å². The summed E-state index contributed by atoms with van der Waals surface area (Å²) >= 11 is 7.72. The van der Waals surface area contributed by atoms with Crippen LogP contribution in [0.4, 0.5) is 10.8 Å². The number of halogens is 1. The zero-order valence-electron chi connectivity index (χ0n) is 20.5. The summed E-state index contributed by atoms with van der Waals surface area (Å²) in [5, 5.41) is 4.83. The normalized spacial score (nSPS) is 15.1. The molecular formula is C26H32ClN3O3S2. The first kappa shape index (κ1) is 25.8. The zero-order chi connectivity index (χ0) is 25.2. The van der Waals surface area contributed by atoms with Crippen LogP contribution in [0.2, 0.25) is 5.02 Å². The molecule has 1 saturated carbocycles. The smallest absolute Gasteiger partial charge is 0.265 e. The van der Waals surface area contributed by atoms with Gasteiger partial charge in [0, 0.05) is 5.54 Å². The van der Waals surface area contributed by atoms with Gasteiger partial charge in [-0.2, -0.15) is 0 Å². The standard InChI is InChI=1S/C26H32ClN3O3S2/c1-17-24(34-25(28-17)29-26(2,3)19-10-6-5-7-11-19)18-14-15-22(33-4)23(16-18)35(31,32)30-21-13-9-8-12-20(21)27/h8-9,12-16,19,30H,5-7,10-11H2,1-4H3,(H,28,29). The molecular weight excluding hydrogens is 502 g/mol. The van der Waals surface area contributed by atoms with E-state index < -0.39 is 10.0 Å². The Kier molecular flexibility index (Phi) is 7.64. The maximum Gasteiger partial charge on any atom is 0.265 e. The first-order chi connectivity index (χ1) is 16.6. The number of hydrogen-bond acceptors (Lipinski definition) is 6. The van der Waals surface area contributed by atoms with Crippen molar-refractivity contribution < 1.29 is 13.2 Å². The van der Waals surface area contributed by atoms with Crippen molar-refractivity contribution in [2.75, 3.05) is 17.1 Å². The topological polar surface area (TPSA) is 80.3 Å². The molecule has 1 heterocycles. The Morgan fingerprint density at radius 2 is 1.83 bits per heavy atom. The van der Waals surface area contributed by atoms with Crippen LogP contribution in [0, 0.1) is 12.8 Å². The Morgan fingerprint density at radius 3 is 2.51 bits per heavy atom. The van der Waals surface area contributed by atoms with Crippen LogP contribution in [-0.4, -0.2) is 26.1 Å². The molecule has 0 atom stereocenters. The molecule has 0 unspecified atom stereocenters. The van der Waals surface area contributed by atoms with Gasteiger partial charge in [0.2, 0.25) is 0 Å². The van der Waals surface area contributed by atoms with E-state index in [1.165, 1.54) is 39.2 Å². The fourth-order valence-electron chi connectivity index (χ4n) is 4.69. The van der Waals surface area contributed by atoms with Gasteiger partial charge in [0.15, 0.2) is 5.13 Å². The zero-order valence-corrected chi connectivity index (χ0v) is 22.9. The quantitative estimate of drug-likeness (QED) is 0.316. The Labute approximate surface area is 217 Å². The molecule has 0 spiro atoms. The van der Waals surface area contributed by atoms with Gasteiger partial charge in [-0.05, 0) is 75.4 Å². The van der Waals surface area contributed by atoms with Crippen molar-refractivity contribution in [1.82, 2.24) is 4.98 Å². The van der Waals surface area contributed by atoms with Crippen LogP contribution in [0.3, 0.4) is 0 Å². The molecule has 0 radical (unpaired) electrons. The second-order valence-corrected chi connectivity index (χ2v) is 12.6. The van der Waals surface area contributed by atoms with Gasteiger partial charge in [-0.3, -0.25) is 4.72 Å². The molecule has 1 aromatic heterocycles. The van der Waals surface area contributed by atoms with Gasteiger partial charge in [0.25, 0.3) is 10.0 Å². The lowest BCUT2D eigenvalue weighted by Gasteiger charge is -2.37. The van der Waals surface area contributed by atoms with Crippen LogP contribution in [-0.2, 0) is 10.0 Å². The lowest BCUT2D eigenvalue weighted by Crippen LogP contribution is -2.40. The molecule has 6 nitrogen and oxygen atoms in total. The number of nitrogens with one attached hydrogen (secondary N) is 2. The molecule has 188 valence electrons. The third-order valence-electron chi connectivity index (χ3n) is 6.68. The molecule has 3 aromatic rings. The summed E-state index contributed by atoms with van der Waals surface area (Å²) in [6.45, 7) is 6.45. The monoisotopic (exact) mass is 533 g/mol. The largest absolute Gasteiger partial charge is 0.495 e. The van der Waals surface area contributed by atoms with Gasteiger partial charge in [-0.15, -0.1) is 0 Å². The number of benzene rings is 2. The number of thiazole rings is 1. The highest BCUT2D eigenvalue weighted by Gasteiger charge is 2.31. The summed E-state index contributed by atoms with van der Waals surface area (Å²) in [5.74, 6) is 0.866. The van der Waals surface area contributed by atoms with Crippen LogP contribution in [0.1, 0.15) is 51.6 Å². The SMILES string of the molecule is COc1ccc(-c2sc(NC(C)(C)C3CCCCC3)nc2C)cc1S(=O)(=O)Nc1ccccc1Cl. The number of aryl methyl sites for hydroxylation is 1. The third kappa shape index (κ3) is 5.76. The van der Waals surface area contributed by atoms with E-state index in [0.717, 1.165) is 21.3 Å². The predicted molar refractivity (Wildman–Crippen MR) is 145 cm³/mol. The first-order valence-electron chi connectivity index (χ1n) is 11.8. The molecule has 2 aromatic carbocycles. The number of sulfonamides is 1. The van der Waals surface area contributed by atoms with E-state index in [0.29, 0.717) is 16.6 Å². The molecule has 0 aliphatic heterocycles. The average Bonchev–Trinajstić information content (AvgIpc) is 3.19. The molecule has 1 aliphatic carbocycles. The van der Waals surface area contributed by atoms with E-state index in [9.17, 15) is 8.42 Å². The molecule has 1 aliphatic rings. The molecule has 1 fully saturated rings. The van der Waals surface area contributed by atoms with Gasteiger partial charge >= 0.3 is 0 Å². The molecule has 9 heteroatoms. The highest BCUT2D eigenvalue weighted by Crippen LogP contribution is 2.40. The number of ether oxygens (including phenoxy) is 1. The number of aromatic nitrogens is 1. The second-order valence-electron chi connectivity index (χ2n) is 9.57. The Morgan fingerprint density at radius 1 is 1.11 bits per heavy atom. The molecule has 35 heavy (non-hydrogen) atoms. The van der Waals surface area contributed by atoms with E-state index in [4.69, 9.17) is 21.3 Å². The van der Waals surface area contributed by atoms with Crippen LogP contribution >= 0.6 is 22.9 Å². The molecule has 0 bridgehead atoms. The van der Waals surface area contributed by atoms with Crippen molar-refractivity contribution >= 4 is 43.8 Å². The maximum absolute atomic E-state index is 13.3. The number of nitrogens with zero attached hydrogens (tertiary/aromatic N) is 1. The number of para-hydroxylation sites is 1. The number of hydrogen-bond donors (Lipinski definition) is 2. The highest BCUT2D eigenvalue weighted by molar-refractivity contribution is 7.92. The third-order valence-corrected chi connectivity index (χ3v) is 9.52. The van der Waals surface area contributed by atoms with Gasteiger partial charge in [-0.1, -0.05) is 54.3 Å². The van der Waals surface area contributed by atoms with E-state index in [-0.39, 0.29) is 16.2 Å². The number of methoxy groups -OCH3 is 1. The van der Waals surface area contributed by atoms with Crippen molar-refractivity contribution in [2.45, 2.75) is 63.3 Å². The highest BCUT2D eigenvalue weighted by atomic mass is 35.5. The summed E-state index contributed by atoms with van der Waals surface area (Å²) in [5.41, 5.74) is 1.87. The minimum Gasteiger partial charge on any atom is -0.495 e. The van der Waals surface area contributed by atoms with Gasteiger partial charge in [-0.25, -0.2) is 13.4 Å². The van der Waals surface area contributed by atoms with Crippen LogP contribution in [0.5, 0.6) is 5.75 Å². The summed E-state index contributed by atoms with van der Waals surface area (Å²) in [4.78, 5) is 5.74. The fourth-order valence-corrected chi connectivity index (χ4v) is 7.33. The van der Waals surface area contributed by atoms with E-state index >= 15 is 0 Å². The molecule has 2 N–H and O–H groups in total. The fraction of sp³-hybridized carbons (Fsp3) is 0.423. The van der Waals surface area contributed by atoms with Crippen LogP contribution in [0.25, 0.3) is 10.4 Å². The van der Waals surface area contributed by atoms with Gasteiger partial charge in [0.1, 0.15) is 10.6 Å². The molecule has 0 amide bonds. The Bertz CT molecular complexity index is 1300. The van der Waals surface area contributed by atoms with Crippen molar-refractivity contribution in [3.8, 4) is 16.2 Å². The summed E-state index contributed by atoms with van der Waals surface area (Å²) in [6, 6.07) is 11.9. The summed E-state index contributed by atoms with van der Waals surface area (Å²) < 4.78 is 34.6. The van der Waals surface area contributed by atoms with Crippen LogP contribution in [0.15, 0.2) is 47.4 Å². The van der Waals surface area contributed by atoms with Gasteiger partial charge in [0.05, 0.1) is 28.4 Å². The Hall–Kier alpha value is -2.29. The van der Waals surface area contributed by atoms with Crippen molar-refractivity contribution in [1.29, 1.82) is 0 Å². The van der Waals surface area contributed by atoms with E-state index in [1.54, 1.807) is 47.7 Å². The lowest BCUT2D eigenvalue weighted by atomic mass is 9.77. The average molecular weight is 534 g/mol.